The van der Waals surface area contributed by atoms with E-state index in [0.717, 1.165) is 11.1 Å². The number of nitrogens with one attached hydrogen (secondary N) is 1. The van der Waals surface area contributed by atoms with Crippen molar-refractivity contribution in [3.05, 3.63) is 71.8 Å². The van der Waals surface area contributed by atoms with E-state index in [9.17, 15) is 9.59 Å². The number of thioether (sulfide) groups is 1. The van der Waals surface area contributed by atoms with Gasteiger partial charge in [-0.3, -0.25) is 9.59 Å². The van der Waals surface area contributed by atoms with E-state index in [0.29, 0.717) is 5.75 Å². The maximum absolute atomic E-state index is 12.8. The summed E-state index contributed by atoms with van der Waals surface area (Å²) >= 11 is 1.64. The van der Waals surface area contributed by atoms with Crippen molar-refractivity contribution in [3.8, 4) is 0 Å². The van der Waals surface area contributed by atoms with Gasteiger partial charge >= 0.3 is 0 Å². The molecule has 1 fully saturated rings. The molecule has 2 amide bonds. The number of carbonyl (C=O) groups is 2. The second-order valence-corrected chi connectivity index (χ2v) is 7.29. The highest BCUT2D eigenvalue weighted by molar-refractivity contribution is 7.99. The molecule has 1 aliphatic rings. The van der Waals surface area contributed by atoms with Crippen molar-refractivity contribution in [1.29, 1.82) is 0 Å². The van der Waals surface area contributed by atoms with Crippen molar-refractivity contribution in [1.82, 2.24) is 10.2 Å². The van der Waals surface area contributed by atoms with E-state index in [4.69, 9.17) is 0 Å². The van der Waals surface area contributed by atoms with Crippen LogP contribution in [-0.2, 0) is 9.59 Å². The van der Waals surface area contributed by atoms with Crippen LogP contribution in [0.5, 0.6) is 0 Å². The molecular weight excluding hydrogens is 332 g/mol. The number of rotatable bonds is 4. The van der Waals surface area contributed by atoms with Crippen LogP contribution >= 0.6 is 11.8 Å². The number of hydrogen-bond donors (Lipinski definition) is 1. The Morgan fingerprint density at radius 3 is 2.28 bits per heavy atom. The Morgan fingerprint density at radius 1 is 1.08 bits per heavy atom. The smallest absolute Gasteiger partial charge is 0.244 e. The van der Waals surface area contributed by atoms with Crippen molar-refractivity contribution in [2.75, 3.05) is 5.75 Å². The van der Waals surface area contributed by atoms with E-state index in [1.54, 1.807) is 16.7 Å². The molecule has 0 aromatic heterocycles. The van der Waals surface area contributed by atoms with E-state index in [1.165, 1.54) is 6.92 Å². The number of amides is 2. The van der Waals surface area contributed by atoms with Gasteiger partial charge in [0.15, 0.2) is 0 Å². The van der Waals surface area contributed by atoms with Crippen molar-refractivity contribution in [3.63, 3.8) is 0 Å². The second kappa shape index (κ2) is 7.74. The highest BCUT2D eigenvalue weighted by atomic mass is 32.2. The van der Waals surface area contributed by atoms with Crippen LogP contribution in [0.15, 0.2) is 60.7 Å². The summed E-state index contributed by atoms with van der Waals surface area (Å²) in [4.78, 5) is 26.7. The van der Waals surface area contributed by atoms with E-state index in [2.05, 4.69) is 5.32 Å². The highest BCUT2D eigenvalue weighted by Crippen LogP contribution is 2.41. The third kappa shape index (κ3) is 3.87. The average Bonchev–Trinajstić information content (AvgIpc) is 3.08. The van der Waals surface area contributed by atoms with Crippen LogP contribution in [-0.4, -0.2) is 28.5 Å². The van der Waals surface area contributed by atoms with Crippen LogP contribution in [0.25, 0.3) is 0 Å². The minimum absolute atomic E-state index is 0.0774. The molecule has 2 aromatic rings. The molecule has 1 heterocycles. The lowest BCUT2D eigenvalue weighted by atomic mass is 10.1. The lowest BCUT2D eigenvalue weighted by molar-refractivity contribution is -0.138. The topological polar surface area (TPSA) is 49.4 Å². The summed E-state index contributed by atoms with van der Waals surface area (Å²) in [7, 11) is 0. The first kappa shape index (κ1) is 17.5. The molecular formula is C20H22N2O2S. The molecule has 3 rings (SSSR count). The molecule has 1 saturated heterocycles. The van der Waals surface area contributed by atoms with Gasteiger partial charge < -0.3 is 10.2 Å². The van der Waals surface area contributed by atoms with E-state index in [1.807, 2.05) is 67.6 Å². The zero-order valence-electron chi connectivity index (χ0n) is 14.4. The Balaban J connectivity index is 1.75. The molecule has 0 saturated carbocycles. The lowest BCUT2D eigenvalue weighted by Crippen LogP contribution is -2.47. The Kier molecular flexibility index (Phi) is 5.43. The molecule has 5 heteroatoms. The molecule has 0 spiro atoms. The maximum atomic E-state index is 12.8. The van der Waals surface area contributed by atoms with Crippen molar-refractivity contribution in [2.24, 2.45) is 0 Å². The minimum atomic E-state index is -0.445. The summed E-state index contributed by atoms with van der Waals surface area (Å²) in [6.07, 6.45) is 0. The minimum Gasteiger partial charge on any atom is -0.348 e. The fourth-order valence-corrected chi connectivity index (χ4v) is 4.58. The normalized spacial score (nSPS) is 21.0. The summed E-state index contributed by atoms with van der Waals surface area (Å²) in [5, 5.41) is 2.94. The highest BCUT2D eigenvalue weighted by Gasteiger charge is 2.41. The number of nitrogens with zero attached hydrogens (tertiary/aromatic N) is 1. The molecule has 2 aromatic carbocycles. The van der Waals surface area contributed by atoms with Gasteiger partial charge in [0.2, 0.25) is 11.8 Å². The molecule has 3 atom stereocenters. The maximum Gasteiger partial charge on any atom is 0.244 e. The molecule has 0 aliphatic carbocycles. The van der Waals surface area contributed by atoms with Gasteiger partial charge in [-0.1, -0.05) is 60.7 Å². The average molecular weight is 354 g/mol. The fourth-order valence-electron chi connectivity index (χ4n) is 3.10. The van der Waals surface area contributed by atoms with Crippen molar-refractivity contribution in [2.45, 2.75) is 31.3 Å². The van der Waals surface area contributed by atoms with Gasteiger partial charge in [0, 0.05) is 12.7 Å². The van der Waals surface area contributed by atoms with E-state index in [-0.39, 0.29) is 23.2 Å². The first-order valence-electron chi connectivity index (χ1n) is 8.38. The molecule has 130 valence electrons. The van der Waals surface area contributed by atoms with Gasteiger partial charge in [-0.25, -0.2) is 0 Å². The Hall–Kier alpha value is -2.27. The third-order valence-corrected chi connectivity index (χ3v) is 5.73. The summed E-state index contributed by atoms with van der Waals surface area (Å²) < 4.78 is 0. The first-order chi connectivity index (χ1) is 12.1. The Labute approximate surface area is 152 Å². The number of hydrogen-bond acceptors (Lipinski definition) is 3. The van der Waals surface area contributed by atoms with Gasteiger partial charge in [0.1, 0.15) is 11.4 Å². The van der Waals surface area contributed by atoms with Crippen LogP contribution in [0.4, 0.5) is 0 Å². The third-order valence-electron chi connectivity index (χ3n) is 4.41. The van der Waals surface area contributed by atoms with Gasteiger partial charge in [-0.2, -0.15) is 0 Å². The SMILES string of the molecule is CC(=O)N1[C@@H](c2ccccc2)SC[C@H]1C(=O)N[C@H](C)c1ccccc1. The first-order valence-corrected chi connectivity index (χ1v) is 9.43. The molecule has 1 N–H and O–H groups in total. The molecule has 0 unspecified atom stereocenters. The zero-order valence-corrected chi connectivity index (χ0v) is 15.2. The Bertz CT molecular complexity index is 736. The predicted molar refractivity (Wildman–Crippen MR) is 101 cm³/mol. The van der Waals surface area contributed by atoms with Gasteiger partial charge in [-0.15, -0.1) is 11.8 Å². The van der Waals surface area contributed by atoms with Gasteiger partial charge in [-0.05, 0) is 18.1 Å². The van der Waals surface area contributed by atoms with Crippen LogP contribution < -0.4 is 5.32 Å². The summed E-state index contributed by atoms with van der Waals surface area (Å²) in [5.41, 5.74) is 2.10. The van der Waals surface area contributed by atoms with Gasteiger partial charge in [0.25, 0.3) is 0 Å². The fraction of sp³-hybridized carbons (Fsp3) is 0.300. The lowest BCUT2D eigenvalue weighted by Gasteiger charge is -2.28. The largest absolute Gasteiger partial charge is 0.348 e. The van der Waals surface area contributed by atoms with Crippen LogP contribution in [0.1, 0.15) is 36.4 Å². The monoisotopic (exact) mass is 354 g/mol. The van der Waals surface area contributed by atoms with Gasteiger partial charge in [0.05, 0.1) is 6.04 Å². The summed E-state index contributed by atoms with van der Waals surface area (Å²) in [5.74, 6) is 0.427. The molecule has 0 radical (unpaired) electrons. The summed E-state index contributed by atoms with van der Waals surface area (Å²) in [6.45, 7) is 3.49. The molecule has 25 heavy (non-hydrogen) atoms. The second-order valence-electron chi connectivity index (χ2n) is 6.18. The summed E-state index contributed by atoms with van der Waals surface area (Å²) in [6, 6.07) is 19.2. The van der Waals surface area contributed by atoms with Crippen LogP contribution in [0.2, 0.25) is 0 Å². The van der Waals surface area contributed by atoms with E-state index < -0.39 is 6.04 Å². The molecule has 0 bridgehead atoms. The van der Waals surface area contributed by atoms with E-state index >= 15 is 0 Å². The van der Waals surface area contributed by atoms with Crippen LogP contribution in [0.3, 0.4) is 0 Å². The molecule has 1 aliphatic heterocycles. The van der Waals surface area contributed by atoms with Crippen molar-refractivity contribution < 1.29 is 9.59 Å². The number of benzene rings is 2. The van der Waals surface area contributed by atoms with Crippen LogP contribution in [0, 0.1) is 0 Å². The standard InChI is InChI=1S/C20H22N2O2S/c1-14(16-9-5-3-6-10-16)21-19(24)18-13-25-20(22(18)15(2)23)17-11-7-4-8-12-17/h3-12,14,18,20H,13H2,1-2H3,(H,21,24)/t14-,18+,20-/m1/s1. The predicted octanol–water partition coefficient (Wildman–Crippen LogP) is 3.53. The zero-order chi connectivity index (χ0) is 17.8. The van der Waals surface area contributed by atoms with Crippen molar-refractivity contribution >= 4 is 23.6 Å². The number of carbonyl (C=O) groups excluding carboxylic acids is 2. The quantitative estimate of drug-likeness (QED) is 0.914. The molecule has 4 nitrogen and oxygen atoms in total. The Morgan fingerprint density at radius 2 is 1.68 bits per heavy atom.